The van der Waals surface area contributed by atoms with Gasteiger partial charge in [0.25, 0.3) is 11.8 Å². The van der Waals surface area contributed by atoms with Gasteiger partial charge in [-0.15, -0.1) is 0 Å². The molecule has 0 aromatic heterocycles. The normalized spacial score (nSPS) is 16.3. The summed E-state index contributed by atoms with van der Waals surface area (Å²) in [4.78, 5) is 35.6. The van der Waals surface area contributed by atoms with Crippen LogP contribution in [0.15, 0.2) is 12.2 Å². The third-order valence-corrected chi connectivity index (χ3v) is 3.62. The Kier molecular flexibility index (Phi) is 6.70. The first-order chi connectivity index (χ1) is 10.3. The number of hydrogen-bond acceptors (Lipinski definition) is 5. The maximum absolute atomic E-state index is 11.9. The van der Waals surface area contributed by atoms with Crippen LogP contribution in [0.4, 0.5) is 0 Å². The van der Waals surface area contributed by atoms with E-state index in [0.29, 0.717) is 13.2 Å². The number of carbonyl (C=O) groups excluding carboxylic acids is 3. The Morgan fingerprint density at radius 3 is 2.36 bits per heavy atom. The second-order valence-corrected chi connectivity index (χ2v) is 5.86. The highest BCUT2D eigenvalue weighted by atomic mass is 16.5. The molecule has 1 heterocycles. The van der Waals surface area contributed by atoms with Crippen molar-refractivity contribution >= 4 is 17.7 Å². The number of carbonyl (C=O) groups is 3. The molecule has 0 fully saturated rings. The largest absolute Gasteiger partial charge is 0.384 e. The van der Waals surface area contributed by atoms with Crippen LogP contribution in [-0.2, 0) is 23.9 Å². The molecule has 22 heavy (non-hydrogen) atoms. The Bertz CT molecular complexity index is 441. The number of methoxy groups -OCH3 is 2. The van der Waals surface area contributed by atoms with Crippen LogP contribution in [-0.4, -0.2) is 62.6 Å². The Morgan fingerprint density at radius 2 is 1.86 bits per heavy atom. The number of nitrogens with one attached hydrogen (secondary N) is 1. The predicted molar refractivity (Wildman–Crippen MR) is 79.9 cm³/mol. The molecule has 7 nitrogen and oxygen atoms in total. The van der Waals surface area contributed by atoms with Gasteiger partial charge >= 0.3 is 0 Å². The fourth-order valence-electron chi connectivity index (χ4n) is 2.30. The second kappa shape index (κ2) is 8.05. The van der Waals surface area contributed by atoms with Crippen molar-refractivity contribution in [2.45, 2.75) is 26.4 Å². The molecule has 1 N–H and O–H groups in total. The van der Waals surface area contributed by atoms with E-state index in [9.17, 15) is 14.4 Å². The van der Waals surface area contributed by atoms with Crippen molar-refractivity contribution in [3.05, 3.63) is 12.2 Å². The molecule has 0 saturated carbocycles. The van der Waals surface area contributed by atoms with Crippen molar-refractivity contribution in [1.82, 2.24) is 10.2 Å². The molecule has 0 aromatic carbocycles. The van der Waals surface area contributed by atoms with E-state index in [1.54, 1.807) is 14.2 Å². The molecule has 1 atom stereocenters. The minimum Gasteiger partial charge on any atom is -0.384 e. The molecule has 0 spiro atoms. The number of amides is 3. The molecule has 0 radical (unpaired) electrons. The molecule has 3 amide bonds. The number of hydrogen-bond donors (Lipinski definition) is 1. The van der Waals surface area contributed by atoms with Gasteiger partial charge in [0.1, 0.15) is 0 Å². The van der Waals surface area contributed by atoms with Crippen LogP contribution in [0.1, 0.15) is 20.3 Å². The Balaban J connectivity index is 2.39. The van der Waals surface area contributed by atoms with Gasteiger partial charge in [-0.05, 0) is 0 Å². The summed E-state index contributed by atoms with van der Waals surface area (Å²) in [5.74, 6) is -0.995. The van der Waals surface area contributed by atoms with Gasteiger partial charge in [-0.2, -0.15) is 0 Å². The first-order valence-electron chi connectivity index (χ1n) is 7.13. The van der Waals surface area contributed by atoms with E-state index < -0.39 is 0 Å². The molecule has 1 rings (SSSR count). The van der Waals surface area contributed by atoms with E-state index in [2.05, 4.69) is 5.32 Å². The summed E-state index contributed by atoms with van der Waals surface area (Å²) >= 11 is 0. The lowest BCUT2D eigenvalue weighted by molar-refractivity contribution is -0.137. The summed E-state index contributed by atoms with van der Waals surface area (Å²) < 4.78 is 10.6. The van der Waals surface area contributed by atoms with Crippen molar-refractivity contribution in [2.24, 2.45) is 5.41 Å². The van der Waals surface area contributed by atoms with Crippen molar-refractivity contribution in [1.29, 1.82) is 0 Å². The number of imide groups is 1. The zero-order chi connectivity index (χ0) is 16.8. The van der Waals surface area contributed by atoms with E-state index in [-0.39, 0.29) is 42.2 Å². The molecular formula is C15H24N2O5. The Labute approximate surface area is 130 Å². The van der Waals surface area contributed by atoms with Crippen LogP contribution in [0.25, 0.3) is 0 Å². The molecule has 0 saturated heterocycles. The molecule has 0 aromatic rings. The average molecular weight is 312 g/mol. The third kappa shape index (κ3) is 4.92. The van der Waals surface area contributed by atoms with Crippen molar-refractivity contribution in [3.63, 3.8) is 0 Å². The van der Waals surface area contributed by atoms with Crippen LogP contribution in [0.3, 0.4) is 0 Å². The monoisotopic (exact) mass is 312 g/mol. The molecular weight excluding hydrogens is 288 g/mol. The van der Waals surface area contributed by atoms with E-state index in [1.807, 2.05) is 13.8 Å². The van der Waals surface area contributed by atoms with E-state index in [0.717, 1.165) is 4.90 Å². The maximum Gasteiger partial charge on any atom is 0.253 e. The molecule has 7 heteroatoms. The van der Waals surface area contributed by atoms with Crippen LogP contribution in [0.2, 0.25) is 0 Å². The summed E-state index contributed by atoms with van der Waals surface area (Å²) in [5, 5.41) is 2.76. The van der Waals surface area contributed by atoms with Crippen molar-refractivity contribution in [3.8, 4) is 0 Å². The Hall–Kier alpha value is -1.73. The van der Waals surface area contributed by atoms with Gasteiger partial charge in [-0.3, -0.25) is 19.3 Å². The SMILES string of the molecule is COCC(C)(C)C(CNC(=O)CCN1C(=O)C=CC1=O)OC. The van der Waals surface area contributed by atoms with Crippen molar-refractivity contribution in [2.75, 3.05) is 33.9 Å². The standard InChI is InChI=1S/C15H24N2O5/c1-15(2,10-21-3)11(22-4)9-16-12(18)7-8-17-13(19)5-6-14(17)20/h5-6,11H,7-10H2,1-4H3,(H,16,18). The molecule has 1 unspecified atom stereocenters. The fourth-order valence-corrected chi connectivity index (χ4v) is 2.30. The number of rotatable bonds is 9. The van der Waals surface area contributed by atoms with Gasteiger partial charge in [-0.25, -0.2) is 0 Å². The van der Waals surface area contributed by atoms with Crippen LogP contribution < -0.4 is 5.32 Å². The van der Waals surface area contributed by atoms with Crippen LogP contribution in [0, 0.1) is 5.41 Å². The highest BCUT2D eigenvalue weighted by Gasteiger charge is 2.30. The van der Waals surface area contributed by atoms with Crippen LogP contribution >= 0.6 is 0 Å². The average Bonchev–Trinajstić information content (AvgIpc) is 2.76. The molecule has 1 aliphatic rings. The van der Waals surface area contributed by atoms with Gasteiger partial charge < -0.3 is 14.8 Å². The zero-order valence-corrected chi connectivity index (χ0v) is 13.5. The van der Waals surface area contributed by atoms with E-state index in [4.69, 9.17) is 9.47 Å². The highest BCUT2D eigenvalue weighted by Crippen LogP contribution is 2.22. The summed E-state index contributed by atoms with van der Waals surface area (Å²) in [6.45, 7) is 4.90. The minimum absolute atomic E-state index is 0.0697. The number of nitrogens with zero attached hydrogens (tertiary/aromatic N) is 1. The second-order valence-electron chi connectivity index (χ2n) is 5.86. The third-order valence-electron chi connectivity index (χ3n) is 3.62. The minimum atomic E-state index is -0.381. The van der Waals surface area contributed by atoms with E-state index in [1.165, 1.54) is 12.2 Å². The highest BCUT2D eigenvalue weighted by molar-refractivity contribution is 6.13. The van der Waals surface area contributed by atoms with Gasteiger partial charge in [0.15, 0.2) is 0 Å². The smallest absolute Gasteiger partial charge is 0.253 e. The lowest BCUT2D eigenvalue weighted by Crippen LogP contribution is -2.44. The topological polar surface area (TPSA) is 84.9 Å². The first-order valence-corrected chi connectivity index (χ1v) is 7.13. The zero-order valence-electron chi connectivity index (χ0n) is 13.5. The van der Waals surface area contributed by atoms with Gasteiger partial charge in [0, 0.05) is 51.3 Å². The molecule has 0 aliphatic carbocycles. The number of ether oxygens (including phenoxy) is 2. The summed E-state index contributed by atoms with van der Waals surface area (Å²) in [6, 6.07) is 0. The lowest BCUT2D eigenvalue weighted by Gasteiger charge is -2.32. The quantitative estimate of drug-likeness (QED) is 0.611. The first kappa shape index (κ1) is 18.3. The predicted octanol–water partition coefficient (Wildman–Crippen LogP) is 0.105. The fraction of sp³-hybridized carbons (Fsp3) is 0.667. The van der Waals surface area contributed by atoms with Gasteiger partial charge in [-0.1, -0.05) is 13.8 Å². The Morgan fingerprint density at radius 1 is 1.27 bits per heavy atom. The molecule has 1 aliphatic heterocycles. The summed E-state index contributed by atoms with van der Waals surface area (Å²) in [6.07, 6.45) is 2.27. The lowest BCUT2D eigenvalue weighted by atomic mass is 9.87. The maximum atomic E-state index is 11.9. The summed E-state index contributed by atoms with van der Waals surface area (Å²) in [5.41, 5.74) is -0.248. The van der Waals surface area contributed by atoms with Gasteiger partial charge in [0.05, 0.1) is 12.7 Å². The van der Waals surface area contributed by atoms with Gasteiger partial charge in [0.2, 0.25) is 5.91 Å². The molecule has 0 bridgehead atoms. The van der Waals surface area contributed by atoms with Crippen LogP contribution in [0.5, 0.6) is 0 Å². The summed E-state index contributed by atoms with van der Waals surface area (Å²) in [7, 11) is 3.20. The molecule has 124 valence electrons. The van der Waals surface area contributed by atoms with E-state index >= 15 is 0 Å². The van der Waals surface area contributed by atoms with Crippen molar-refractivity contribution < 1.29 is 23.9 Å².